The molecule has 0 spiro atoms. The first kappa shape index (κ1) is 14.3. The molecule has 0 saturated heterocycles. The van der Waals surface area contributed by atoms with Crippen molar-refractivity contribution in [1.29, 1.82) is 0 Å². The molecule has 0 aliphatic heterocycles. The summed E-state index contributed by atoms with van der Waals surface area (Å²) >= 11 is 3.42. The second-order valence-electron chi connectivity index (χ2n) is 4.86. The Morgan fingerprint density at radius 1 is 0.895 bits per heavy atom. The van der Waals surface area contributed by atoms with Crippen LogP contribution in [0.15, 0.2) is 59.1 Å². The van der Waals surface area contributed by atoms with Gasteiger partial charge in [0.2, 0.25) is 0 Å². The van der Waals surface area contributed by atoms with Gasteiger partial charge in [-0.05, 0) is 48.9 Å². The van der Waals surface area contributed by atoms with Crippen LogP contribution in [-0.2, 0) is 12.8 Å². The predicted octanol–water partition coefficient (Wildman–Crippen LogP) is 4.38. The molecule has 2 rings (SSSR count). The van der Waals surface area contributed by atoms with Gasteiger partial charge >= 0.3 is 0 Å². The molecular formula is C17H19BrO. The highest BCUT2D eigenvalue weighted by molar-refractivity contribution is 9.10. The molecule has 0 aliphatic rings. The standard InChI is InChI=1S/C17H19BrO/c18-16-11-9-15(10-12-16)13-17(19)8-4-7-14-5-2-1-3-6-14/h1-3,5-6,9-12,17,19H,4,7-8,13H2. The van der Waals surface area contributed by atoms with Crippen LogP contribution in [0.1, 0.15) is 24.0 Å². The third-order valence-electron chi connectivity index (χ3n) is 3.23. The number of rotatable bonds is 6. The Morgan fingerprint density at radius 2 is 1.58 bits per heavy atom. The fourth-order valence-electron chi connectivity index (χ4n) is 2.18. The monoisotopic (exact) mass is 318 g/mol. The Balaban J connectivity index is 1.73. The van der Waals surface area contributed by atoms with Crippen molar-refractivity contribution in [1.82, 2.24) is 0 Å². The molecule has 1 unspecified atom stereocenters. The summed E-state index contributed by atoms with van der Waals surface area (Å²) in [6, 6.07) is 18.6. The van der Waals surface area contributed by atoms with Crippen LogP contribution in [0.3, 0.4) is 0 Å². The summed E-state index contributed by atoms with van der Waals surface area (Å²) in [7, 11) is 0. The maximum Gasteiger partial charge on any atom is 0.0580 e. The van der Waals surface area contributed by atoms with Gasteiger partial charge in [-0.25, -0.2) is 0 Å². The second-order valence-corrected chi connectivity index (χ2v) is 5.78. The number of aryl methyl sites for hydroxylation is 1. The largest absolute Gasteiger partial charge is 0.393 e. The summed E-state index contributed by atoms with van der Waals surface area (Å²) in [5.41, 5.74) is 2.54. The minimum absolute atomic E-state index is 0.245. The molecule has 2 aromatic rings. The first-order valence-electron chi connectivity index (χ1n) is 6.70. The summed E-state index contributed by atoms with van der Waals surface area (Å²) in [6.45, 7) is 0. The summed E-state index contributed by atoms with van der Waals surface area (Å²) in [5.74, 6) is 0. The zero-order valence-electron chi connectivity index (χ0n) is 10.9. The zero-order valence-corrected chi connectivity index (χ0v) is 12.5. The van der Waals surface area contributed by atoms with E-state index in [4.69, 9.17) is 0 Å². The van der Waals surface area contributed by atoms with Crippen molar-refractivity contribution >= 4 is 15.9 Å². The lowest BCUT2D eigenvalue weighted by Gasteiger charge is -2.10. The van der Waals surface area contributed by atoms with E-state index in [0.29, 0.717) is 0 Å². The van der Waals surface area contributed by atoms with Crippen LogP contribution in [0.4, 0.5) is 0 Å². The molecule has 0 radical (unpaired) electrons. The van der Waals surface area contributed by atoms with Crippen molar-refractivity contribution in [3.63, 3.8) is 0 Å². The van der Waals surface area contributed by atoms with E-state index in [0.717, 1.165) is 30.2 Å². The van der Waals surface area contributed by atoms with E-state index in [2.05, 4.69) is 52.3 Å². The molecule has 0 aliphatic carbocycles. The first-order chi connectivity index (χ1) is 9.24. The fourth-order valence-corrected chi connectivity index (χ4v) is 2.45. The van der Waals surface area contributed by atoms with E-state index < -0.39 is 0 Å². The quantitative estimate of drug-likeness (QED) is 0.838. The normalized spacial score (nSPS) is 12.3. The molecule has 1 atom stereocenters. The van der Waals surface area contributed by atoms with Gasteiger partial charge in [0.25, 0.3) is 0 Å². The summed E-state index contributed by atoms with van der Waals surface area (Å²) in [5, 5.41) is 10.0. The van der Waals surface area contributed by atoms with Crippen molar-refractivity contribution in [2.45, 2.75) is 31.8 Å². The van der Waals surface area contributed by atoms with Gasteiger partial charge in [0.05, 0.1) is 6.10 Å². The fraction of sp³-hybridized carbons (Fsp3) is 0.294. The van der Waals surface area contributed by atoms with E-state index >= 15 is 0 Å². The Kier molecular flexibility index (Phi) is 5.62. The molecule has 0 bridgehead atoms. The van der Waals surface area contributed by atoms with Gasteiger partial charge in [0, 0.05) is 4.47 Å². The molecule has 2 heteroatoms. The molecule has 0 saturated carbocycles. The van der Waals surface area contributed by atoms with Crippen LogP contribution in [-0.4, -0.2) is 11.2 Å². The van der Waals surface area contributed by atoms with Crippen LogP contribution < -0.4 is 0 Å². The summed E-state index contributed by atoms with van der Waals surface area (Å²) in [6.07, 6.45) is 3.41. The molecule has 19 heavy (non-hydrogen) atoms. The highest BCUT2D eigenvalue weighted by atomic mass is 79.9. The van der Waals surface area contributed by atoms with Crippen LogP contribution in [0, 0.1) is 0 Å². The van der Waals surface area contributed by atoms with Gasteiger partial charge in [-0.2, -0.15) is 0 Å². The zero-order chi connectivity index (χ0) is 13.5. The van der Waals surface area contributed by atoms with Crippen LogP contribution in [0.2, 0.25) is 0 Å². The summed E-state index contributed by atoms with van der Waals surface area (Å²) < 4.78 is 1.08. The van der Waals surface area contributed by atoms with Gasteiger partial charge in [-0.1, -0.05) is 58.4 Å². The SMILES string of the molecule is OC(CCCc1ccccc1)Cc1ccc(Br)cc1. The molecule has 0 aromatic heterocycles. The molecule has 1 nitrogen and oxygen atoms in total. The molecule has 0 amide bonds. The first-order valence-corrected chi connectivity index (χ1v) is 7.50. The Hall–Kier alpha value is -1.12. The molecular weight excluding hydrogens is 300 g/mol. The third kappa shape index (κ3) is 5.17. The second kappa shape index (κ2) is 7.46. The van der Waals surface area contributed by atoms with E-state index in [1.807, 2.05) is 18.2 Å². The average molecular weight is 319 g/mol. The molecule has 1 N–H and O–H groups in total. The molecule has 0 fully saturated rings. The van der Waals surface area contributed by atoms with E-state index in [9.17, 15) is 5.11 Å². The lowest BCUT2D eigenvalue weighted by atomic mass is 10.0. The molecule has 2 aromatic carbocycles. The van der Waals surface area contributed by atoms with Crippen molar-refractivity contribution < 1.29 is 5.11 Å². The van der Waals surface area contributed by atoms with Crippen molar-refractivity contribution in [3.8, 4) is 0 Å². The highest BCUT2D eigenvalue weighted by Gasteiger charge is 2.05. The van der Waals surface area contributed by atoms with Crippen molar-refractivity contribution in [2.24, 2.45) is 0 Å². The van der Waals surface area contributed by atoms with Gasteiger partial charge in [-0.3, -0.25) is 0 Å². The summed E-state index contributed by atoms with van der Waals surface area (Å²) in [4.78, 5) is 0. The van der Waals surface area contributed by atoms with Gasteiger partial charge in [-0.15, -0.1) is 0 Å². The minimum Gasteiger partial charge on any atom is -0.393 e. The number of benzene rings is 2. The smallest absolute Gasteiger partial charge is 0.0580 e. The third-order valence-corrected chi connectivity index (χ3v) is 3.76. The van der Waals surface area contributed by atoms with Crippen LogP contribution in [0.5, 0.6) is 0 Å². The van der Waals surface area contributed by atoms with E-state index in [1.165, 1.54) is 11.1 Å². The minimum atomic E-state index is -0.245. The van der Waals surface area contributed by atoms with E-state index in [1.54, 1.807) is 0 Å². The predicted molar refractivity (Wildman–Crippen MR) is 83.2 cm³/mol. The maximum absolute atomic E-state index is 10.0. The number of hydrogen-bond acceptors (Lipinski definition) is 1. The average Bonchev–Trinajstić information content (AvgIpc) is 2.43. The number of halogens is 1. The van der Waals surface area contributed by atoms with Gasteiger partial charge in [0.1, 0.15) is 0 Å². The highest BCUT2D eigenvalue weighted by Crippen LogP contribution is 2.14. The Bertz CT molecular complexity index is 478. The van der Waals surface area contributed by atoms with Gasteiger partial charge in [0.15, 0.2) is 0 Å². The van der Waals surface area contributed by atoms with Crippen LogP contribution >= 0.6 is 15.9 Å². The van der Waals surface area contributed by atoms with Gasteiger partial charge < -0.3 is 5.11 Å². The molecule has 0 heterocycles. The number of aliphatic hydroxyl groups excluding tert-OH is 1. The Morgan fingerprint density at radius 3 is 2.26 bits per heavy atom. The van der Waals surface area contributed by atoms with Crippen molar-refractivity contribution in [2.75, 3.05) is 0 Å². The van der Waals surface area contributed by atoms with Crippen LogP contribution in [0.25, 0.3) is 0 Å². The lowest BCUT2D eigenvalue weighted by molar-refractivity contribution is 0.162. The molecule has 100 valence electrons. The lowest BCUT2D eigenvalue weighted by Crippen LogP contribution is -2.10. The van der Waals surface area contributed by atoms with Crippen molar-refractivity contribution in [3.05, 3.63) is 70.2 Å². The Labute approximate surface area is 123 Å². The maximum atomic E-state index is 10.0. The topological polar surface area (TPSA) is 20.2 Å². The number of hydrogen-bond donors (Lipinski definition) is 1. The van der Waals surface area contributed by atoms with E-state index in [-0.39, 0.29) is 6.10 Å². The number of aliphatic hydroxyl groups is 1.